The summed E-state index contributed by atoms with van der Waals surface area (Å²) in [5.41, 5.74) is 0.998. The van der Waals surface area contributed by atoms with Crippen molar-refractivity contribution in [3.05, 3.63) is 22.7 Å². The molecular formula is C15H20ClIN2O3. The van der Waals surface area contributed by atoms with E-state index < -0.39 is 0 Å². The van der Waals surface area contributed by atoms with E-state index in [0.29, 0.717) is 32.9 Å². The molecular weight excluding hydrogens is 419 g/mol. The number of anilines is 1. The van der Waals surface area contributed by atoms with Crippen LogP contribution in [0.15, 0.2) is 12.1 Å². The van der Waals surface area contributed by atoms with Crippen molar-refractivity contribution in [2.24, 2.45) is 0 Å². The highest BCUT2D eigenvalue weighted by atomic mass is 127. The molecule has 1 aromatic carbocycles. The molecule has 122 valence electrons. The Morgan fingerprint density at radius 3 is 2.59 bits per heavy atom. The first-order chi connectivity index (χ1) is 9.69. The summed E-state index contributed by atoms with van der Waals surface area (Å²) in [6.07, 6.45) is 0.400. The number of Topliss-reactive ketones (excluding diaryl/α,β-unsaturated/α-hetero) is 1. The van der Waals surface area contributed by atoms with Crippen molar-refractivity contribution in [2.45, 2.75) is 6.42 Å². The van der Waals surface area contributed by atoms with Gasteiger partial charge in [0.1, 0.15) is 0 Å². The Kier molecular flexibility index (Phi) is 6.23. The van der Waals surface area contributed by atoms with Crippen molar-refractivity contribution in [3.63, 3.8) is 0 Å². The summed E-state index contributed by atoms with van der Waals surface area (Å²) in [5, 5.41) is 0.424. The number of ether oxygens (including phenoxy) is 1. The number of nitrogens with zero attached hydrogens (tertiary/aromatic N) is 2. The molecule has 1 aromatic rings. The molecule has 0 bridgehead atoms. The summed E-state index contributed by atoms with van der Waals surface area (Å²) in [7, 11) is 7.75. The standard InChI is InChI=1S/C15H20ClN2O3.HI/c1-17-12-8-10(16)7-11(15(12)21-9-14(17)20)13(19)5-6-18(2,3)4;/h7-8H,5-6,9H2,1-4H3;1H/q+1;/p-1. The van der Waals surface area contributed by atoms with Gasteiger partial charge in [0.05, 0.1) is 45.4 Å². The summed E-state index contributed by atoms with van der Waals surface area (Å²) in [6.45, 7) is 0.662. The molecule has 0 saturated heterocycles. The molecule has 0 aromatic heterocycles. The molecule has 5 nitrogen and oxygen atoms in total. The van der Waals surface area contributed by atoms with Crippen LogP contribution in [-0.2, 0) is 4.79 Å². The second-order valence-electron chi connectivity index (χ2n) is 6.23. The van der Waals surface area contributed by atoms with E-state index in [0.717, 1.165) is 6.54 Å². The minimum Gasteiger partial charge on any atom is -1.00 e. The first-order valence-electron chi connectivity index (χ1n) is 6.75. The van der Waals surface area contributed by atoms with Gasteiger partial charge in [0.25, 0.3) is 5.91 Å². The Labute approximate surface area is 152 Å². The number of benzene rings is 1. The topological polar surface area (TPSA) is 46.6 Å². The van der Waals surface area contributed by atoms with Crippen molar-refractivity contribution < 1.29 is 42.8 Å². The third-order valence-corrected chi connectivity index (χ3v) is 3.64. The van der Waals surface area contributed by atoms with Gasteiger partial charge in [-0.25, -0.2) is 0 Å². The zero-order valence-electron chi connectivity index (χ0n) is 13.2. The number of quaternary nitrogens is 1. The van der Waals surface area contributed by atoms with Gasteiger partial charge in [-0.1, -0.05) is 11.6 Å². The summed E-state index contributed by atoms with van der Waals surface area (Å²) in [5.74, 6) is 0.270. The van der Waals surface area contributed by atoms with Crippen LogP contribution >= 0.6 is 11.6 Å². The Hall–Kier alpha value is -0.860. The Morgan fingerprint density at radius 1 is 1.36 bits per heavy atom. The highest BCUT2D eigenvalue weighted by molar-refractivity contribution is 6.31. The van der Waals surface area contributed by atoms with Crippen molar-refractivity contribution in [1.29, 1.82) is 0 Å². The number of hydrogen-bond acceptors (Lipinski definition) is 3. The SMILES string of the molecule is CN1C(=O)COc2c(C(=O)CC[N+](C)(C)C)cc(Cl)cc21.[I-]. The van der Waals surface area contributed by atoms with E-state index in [1.54, 1.807) is 19.2 Å². The summed E-state index contributed by atoms with van der Waals surface area (Å²) >= 11 is 6.08. The van der Waals surface area contributed by atoms with Crippen LogP contribution in [0.2, 0.25) is 5.02 Å². The number of ketones is 1. The monoisotopic (exact) mass is 438 g/mol. The molecule has 1 heterocycles. The van der Waals surface area contributed by atoms with Gasteiger partial charge in [0.2, 0.25) is 0 Å². The molecule has 1 aliphatic rings. The number of fused-ring (bicyclic) bond motifs is 1. The number of carbonyl (C=O) groups excluding carboxylic acids is 2. The molecule has 0 aliphatic carbocycles. The van der Waals surface area contributed by atoms with Gasteiger partial charge in [-0.2, -0.15) is 0 Å². The van der Waals surface area contributed by atoms with Crippen LogP contribution in [0.1, 0.15) is 16.8 Å². The fourth-order valence-corrected chi connectivity index (χ4v) is 2.34. The van der Waals surface area contributed by atoms with Crippen LogP contribution in [-0.4, -0.2) is 57.5 Å². The molecule has 7 heteroatoms. The lowest BCUT2D eigenvalue weighted by atomic mass is 10.0. The number of carbonyl (C=O) groups is 2. The fraction of sp³-hybridized carbons (Fsp3) is 0.467. The number of likely N-dealkylation sites (N-methyl/N-ethyl adjacent to an activating group) is 1. The zero-order chi connectivity index (χ0) is 15.8. The van der Waals surface area contributed by atoms with E-state index in [9.17, 15) is 9.59 Å². The molecule has 0 saturated carbocycles. The van der Waals surface area contributed by atoms with E-state index in [2.05, 4.69) is 0 Å². The third-order valence-electron chi connectivity index (χ3n) is 3.42. The minimum absolute atomic E-state index is 0. The van der Waals surface area contributed by atoms with Crippen molar-refractivity contribution in [3.8, 4) is 5.75 Å². The van der Waals surface area contributed by atoms with Gasteiger partial charge in [-0.3, -0.25) is 9.59 Å². The van der Waals surface area contributed by atoms with Crippen molar-refractivity contribution >= 4 is 29.0 Å². The van der Waals surface area contributed by atoms with Crippen molar-refractivity contribution in [2.75, 3.05) is 46.2 Å². The number of amides is 1. The van der Waals surface area contributed by atoms with E-state index in [1.165, 1.54) is 4.90 Å². The molecule has 0 radical (unpaired) electrons. The molecule has 1 amide bonds. The van der Waals surface area contributed by atoms with Gasteiger partial charge in [0.15, 0.2) is 18.1 Å². The summed E-state index contributed by atoms with van der Waals surface area (Å²) in [4.78, 5) is 25.6. The fourth-order valence-electron chi connectivity index (χ4n) is 2.12. The largest absolute Gasteiger partial charge is 1.00 e. The first-order valence-corrected chi connectivity index (χ1v) is 7.13. The molecule has 22 heavy (non-hydrogen) atoms. The number of halogens is 2. The lowest BCUT2D eigenvalue weighted by molar-refractivity contribution is -0.869. The van der Waals surface area contributed by atoms with E-state index in [4.69, 9.17) is 16.3 Å². The molecule has 0 N–H and O–H groups in total. The maximum absolute atomic E-state index is 12.5. The lowest BCUT2D eigenvalue weighted by Gasteiger charge is -2.28. The number of rotatable bonds is 4. The highest BCUT2D eigenvalue weighted by Gasteiger charge is 2.28. The van der Waals surface area contributed by atoms with E-state index in [-0.39, 0.29) is 42.3 Å². The molecule has 0 fully saturated rings. The van der Waals surface area contributed by atoms with Crippen LogP contribution in [0.25, 0.3) is 0 Å². The third kappa shape index (κ3) is 4.33. The van der Waals surface area contributed by atoms with Crippen molar-refractivity contribution in [1.82, 2.24) is 0 Å². The summed E-state index contributed by atoms with van der Waals surface area (Å²) in [6, 6.07) is 3.26. The van der Waals surface area contributed by atoms with Gasteiger partial charge in [-0.05, 0) is 12.1 Å². The van der Waals surface area contributed by atoms with Gasteiger partial charge >= 0.3 is 0 Å². The Balaban J connectivity index is 0.00000242. The lowest BCUT2D eigenvalue weighted by Crippen LogP contribution is -3.00. The van der Waals surface area contributed by atoms with Gasteiger partial charge < -0.3 is 38.1 Å². The van der Waals surface area contributed by atoms with Crippen LogP contribution < -0.4 is 33.6 Å². The molecule has 0 spiro atoms. The smallest absolute Gasteiger partial charge is 0.264 e. The molecule has 0 unspecified atom stereocenters. The maximum Gasteiger partial charge on any atom is 0.264 e. The van der Waals surface area contributed by atoms with Gasteiger partial charge in [0, 0.05) is 12.1 Å². The number of hydrogen-bond donors (Lipinski definition) is 0. The van der Waals surface area contributed by atoms with E-state index in [1.807, 2.05) is 21.1 Å². The van der Waals surface area contributed by atoms with Gasteiger partial charge in [-0.15, -0.1) is 0 Å². The average Bonchev–Trinajstić information content (AvgIpc) is 2.39. The maximum atomic E-state index is 12.5. The highest BCUT2D eigenvalue weighted by Crippen LogP contribution is 2.38. The first kappa shape index (κ1) is 19.2. The van der Waals surface area contributed by atoms with Crippen LogP contribution in [0.3, 0.4) is 0 Å². The predicted molar refractivity (Wildman–Crippen MR) is 82.2 cm³/mol. The Morgan fingerprint density at radius 2 is 2.00 bits per heavy atom. The summed E-state index contributed by atoms with van der Waals surface area (Å²) < 4.78 is 6.17. The van der Waals surface area contributed by atoms with Crippen LogP contribution in [0.5, 0.6) is 5.75 Å². The zero-order valence-corrected chi connectivity index (χ0v) is 16.1. The van der Waals surface area contributed by atoms with Crippen LogP contribution in [0.4, 0.5) is 5.69 Å². The average molecular weight is 439 g/mol. The van der Waals surface area contributed by atoms with Crippen LogP contribution in [0, 0.1) is 0 Å². The molecule has 0 atom stereocenters. The predicted octanol–water partition coefficient (Wildman–Crippen LogP) is -1.02. The Bertz CT molecular complexity index is 599. The normalized spacial score (nSPS) is 14.0. The minimum atomic E-state index is -0.158. The van der Waals surface area contributed by atoms with E-state index >= 15 is 0 Å². The second kappa shape index (κ2) is 7.14. The second-order valence-corrected chi connectivity index (χ2v) is 6.67. The quantitative estimate of drug-likeness (QED) is 0.343. The molecule has 2 rings (SSSR count). The molecule has 1 aliphatic heterocycles.